The first-order valence-electron chi connectivity index (χ1n) is 15.7. The average Bonchev–Trinajstić information content (AvgIpc) is 3.05. The molecule has 0 saturated heterocycles. The van der Waals surface area contributed by atoms with E-state index in [0.717, 1.165) is 79.2 Å². The molecule has 4 aromatic rings. The molecule has 0 N–H and O–H groups in total. The lowest BCUT2D eigenvalue weighted by Gasteiger charge is -2.07. The number of unbranched alkanes of at least 4 members (excludes halogenated alkanes) is 4. The van der Waals surface area contributed by atoms with Crippen LogP contribution in [-0.2, 0) is 12.8 Å². The van der Waals surface area contributed by atoms with Crippen molar-refractivity contribution < 1.29 is 9.47 Å². The molecular weight excluding hydrogens is 532 g/mol. The van der Waals surface area contributed by atoms with E-state index in [4.69, 9.17) is 9.47 Å². The Morgan fingerprint density at radius 2 is 0.767 bits per heavy atom. The molecule has 0 aliphatic rings. The van der Waals surface area contributed by atoms with Gasteiger partial charge < -0.3 is 9.47 Å². The fourth-order valence-corrected chi connectivity index (χ4v) is 4.51. The summed E-state index contributed by atoms with van der Waals surface area (Å²) in [6.07, 6.45) is 10.00. The van der Waals surface area contributed by atoms with Crippen molar-refractivity contribution in [3.63, 3.8) is 0 Å². The zero-order valence-electron chi connectivity index (χ0n) is 25.6. The number of rotatable bonds is 18. The molecule has 224 valence electrons. The summed E-state index contributed by atoms with van der Waals surface area (Å²) in [5.41, 5.74) is 6.04. The third-order valence-electron chi connectivity index (χ3n) is 7.04. The van der Waals surface area contributed by atoms with Gasteiger partial charge in [0.15, 0.2) is 0 Å². The molecule has 0 bridgehead atoms. The summed E-state index contributed by atoms with van der Waals surface area (Å²) in [4.78, 5) is 0. The van der Waals surface area contributed by atoms with Crippen molar-refractivity contribution in [2.24, 2.45) is 20.5 Å². The highest BCUT2D eigenvalue weighted by molar-refractivity contribution is 5.44. The predicted octanol–water partition coefficient (Wildman–Crippen LogP) is 11.8. The highest BCUT2D eigenvalue weighted by atomic mass is 16.5. The van der Waals surface area contributed by atoms with E-state index < -0.39 is 0 Å². The molecule has 43 heavy (non-hydrogen) atoms. The minimum Gasteiger partial charge on any atom is -0.494 e. The van der Waals surface area contributed by atoms with Gasteiger partial charge in [0, 0.05) is 0 Å². The third-order valence-corrected chi connectivity index (χ3v) is 7.04. The highest BCUT2D eigenvalue weighted by Crippen LogP contribution is 2.24. The smallest absolute Gasteiger partial charge is 0.119 e. The molecular formula is C37H44N4O2. The number of ether oxygens (including phenoxy) is 2. The summed E-state index contributed by atoms with van der Waals surface area (Å²) >= 11 is 0. The van der Waals surface area contributed by atoms with Crippen LogP contribution in [0.1, 0.15) is 69.9 Å². The Morgan fingerprint density at radius 3 is 1.14 bits per heavy atom. The fraction of sp³-hybridized carbons (Fsp3) is 0.351. The van der Waals surface area contributed by atoms with Gasteiger partial charge in [0.25, 0.3) is 0 Å². The van der Waals surface area contributed by atoms with Crippen molar-refractivity contribution in [1.82, 2.24) is 0 Å². The molecule has 0 fully saturated rings. The van der Waals surface area contributed by atoms with Gasteiger partial charge in [-0.3, -0.25) is 0 Å². The molecule has 0 amide bonds. The van der Waals surface area contributed by atoms with Gasteiger partial charge in [0.05, 0.1) is 36.0 Å². The van der Waals surface area contributed by atoms with Gasteiger partial charge in [-0.1, -0.05) is 51.0 Å². The Balaban J connectivity index is 1.05. The first kappa shape index (κ1) is 31.6. The number of nitrogens with zero attached hydrogens (tertiary/aromatic N) is 4. The molecule has 0 heterocycles. The molecule has 0 atom stereocenters. The largest absolute Gasteiger partial charge is 0.494 e. The van der Waals surface area contributed by atoms with E-state index in [0.29, 0.717) is 13.2 Å². The van der Waals surface area contributed by atoms with E-state index in [1.165, 1.54) is 24.0 Å². The molecule has 0 unspecified atom stereocenters. The predicted molar refractivity (Wildman–Crippen MR) is 176 cm³/mol. The minimum absolute atomic E-state index is 0.699. The van der Waals surface area contributed by atoms with Crippen LogP contribution in [0.3, 0.4) is 0 Å². The second-order valence-electron chi connectivity index (χ2n) is 10.7. The quantitative estimate of drug-likeness (QED) is 0.0873. The summed E-state index contributed by atoms with van der Waals surface area (Å²) < 4.78 is 11.8. The van der Waals surface area contributed by atoms with E-state index >= 15 is 0 Å². The second-order valence-corrected chi connectivity index (χ2v) is 10.7. The SMILES string of the molecule is CCCCc1ccc(N=Nc2ccc(OCCCCCCOc3ccc(N=Nc4ccc(CCC)cc4)cc3)cc2)cc1. The molecule has 6 nitrogen and oxygen atoms in total. The molecule has 0 aliphatic heterocycles. The summed E-state index contributed by atoms with van der Waals surface area (Å²) in [6.45, 7) is 5.80. The normalized spacial score (nSPS) is 11.4. The maximum Gasteiger partial charge on any atom is 0.119 e. The van der Waals surface area contributed by atoms with Crippen molar-refractivity contribution in [2.45, 2.75) is 71.6 Å². The standard InChI is InChI=1S/C37H44N4O2/c1-3-5-11-31-14-18-33(19-15-31)39-41-35-22-26-37(27-23-35)43-29-9-7-6-8-28-42-36-24-20-34(21-25-36)40-38-32-16-12-30(10-4-2)13-17-32/h12-27H,3-11,28-29H2,1-2H3. The van der Waals surface area contributed by atoms with E-state index in [1.807, 2.05) is 72.8 Å². The Morgan fingerprint density at radius 1 is 0.395 bits per heavy atom. The summed E-state index contributed by atoms with van der Waals surface area (Å²) in [7, 11) is 0. The van der Waals surface area contributed by atoms with Gasteiger partial charge in [-0.2, -0.15) is 20.5 Å². The van der Waals surface area contributed by atoms with Crippen molar-refractivity contribution in [1.29, 1.82) is 0 Å². The Kier molecular flexibility index (Phi) is 13.4. The average molecular weight is 577 g/mol. The maximum atomic E-state index is 5.90. The fourth-order valence-electron chi connectivity index (χ4n) is 4.51. The number of hydrogen-bond donors (Lipinski definition) is 0. The van der Waals surface area contributed by atoms with E-state index in [1.54, 1.807) is 0 Å². The van der Waals surface area contributed by atoms with E-state index in [2.05, 4.69) is 58.6 Å². The zero-order chi connectivity index (χ0) is 30.0. The topological polar surface area (TPSA) is 67.9 Å². The van der Waals surface area contributed by atoms with E-state index in [-0.39, 0.29) is 0 Å². The van der Waals surface area contributed by atoms with Crippen LogP contribution in [0.25, 0.3) is 0 Å². The first-order chi connectivity index (χ1) is 21.2. The van der Waals surface area contributed by atoms with Gasteiger partial charge in [0.1, 0.15) is 11.5 Å². The van der Waals surface area contributed by atoms with Crippen LogP contribution in [0.5, 0.6) is 11.5 Å². The minimum atomic E-state index is 0.699. The highest BCUT2D eigenvalue weighted by Gasteiger charge is 1.99. The number of hydrogen-bond acceptors (Lipinski definition) is 6. The second kappa shape index (κ2) is 18.3. The monoisotopic (exact) mass is 576 g/mol. The summed E-state index contributed by atoms with van der Waals surface area (Å²) in [5.74, 6) is 1.71. The molecule has 0 radical (unpaired) electrons. The Bertz CT molecular complexity index is 1380. The first-order valence-corrected chi connectivity index (χ1v) is 15.7. The lowest BCUT2D eigenvalue weighted by molar-refractivity contribution is 0.287. The molecule has 0 aliphatic carbocycles. The van der Waals surface area contributed by atoms with Gasteiger partial charge in [0.2, 0.25) is 0 Å². The molecule has 6 heteroatoms. The lowest BCUT2D eigenvalue weighted by atomic mass is 10.1. The number of benzene rings is 4. The van der Waals surface area contributed by atoms with Crippen LogP contribution in [-0.4, -0.2) is 13.2 Å². The Labute approximate surface area is 256 Å². The van der Waals surface area contributed by atoms with Gasteiger partial charge >= 0.3 is 0 Å². The van der Waals surface area contributed by atoms with Crippen LogP contribution in [0, 0.1) is 0 Å². The van der Waals surface area contributed by atoms with Crippen LogP contribution < -0.4 is 9.47 Å². The molecule has 0 saturated carbocycles. The van der Waals surface area contributed by atoms with Crippen molar-refractivity contribution in [2.75, 3.05) is 13.2 Å². The van der Waals surface area contributed by atoms with Crippen molar-refractivity contribution in [3.05, 3.63) is 108 Å². The number of azo groups is 2. The summed E-state index contributed by atoms with van der Waals surface area (Å²) in [5, 5.41) is 17.4. The number of aryl methyl sites for hydroxylation is 2. The van der Waals surface area contributed by atoms with Gasteiger partial charge in [-0.25, -0.2) is 0 Å². The van der Waals surface area contributed by atoms with Crippen LogP contribution >= 0.6 is 0 Å². The Hall–Kier alpha value is -4.32. The molecule has 0 aromatic heterocycles. The molecule has 4 aromatic carbocycles. The van der Waals surface area contributed by atoms with Crippen molar-refractivity contribution in [3.8, 4) is 11.5 Å². The lowest BCUT2D eigenvalue weighted by Crippen LogP contribution is -1.99. The van der Waals surface area contributed by atoms with E-state index in [9.17, 15) is 0 Å². The van der Waals surface area contributed by atoms with Crippen molar-refractivity contribution >= 4 is 22.7 Å². The molecule has 4 rings (SSSR count). The zero-order valence-corrected chi connectivity index (χ0v) is 25.6. The maximum absolute atomic E-state index is 5.90. The third kappa shape index (κ3) is 11.8. The summed E-state index contributed by atoms with van der Waals surface area (Å²) in [6, 6.07) is 32.1. The van der Waals surface area contributed by atoms with Gasteiger partial charge in [-0.05, 0) is 129 Å². The van der Waals surface area contributed by atoms with Crippen LogP contribution in [0.15, 0.2) is 118 Å². The van der Waals surface area contributed by atoms with Crippen LogP contribution in [0.2, 0.25) is 0 Å². The van der Waals surface area contributed by atoms with Gasteiger partial charge in [-0.15, -0.1) is 0 Å². The molecule has 0 spiro atoms. The van der Waals surface area contributed by atoms with Crippen LogP contribution in [0.4, 0.5) is 22.7 Å².